The number of hydrogen-bond acceptors (Lipinski definition) is 5. The van der Waals surface area contributed by atoms with Crippen LogP contribution in [-0.2, 0) is 19.7 Å². The van der Waals surface area contributed by atoms with Crippen LogP contribution in [0.2, 0.25) is 0 Å². The van der Waals surface area contributed by atoms with Gasteiger partial charge in [-0.2, -0.15) is 4.21 Å². The fourth-order valence-corrected chi connectivity index (χ4v) is 0.787. The third-order valence-electron chi connectivity index (χ3n) is 0.300. The van der Waals surface area contributed by atoms with E-state index >= 15 is 0 Å². The molecular weight excluding hydrogens is 196 g/mol. The van der Waals surface area contributed by atoms with Crippen LogP contribution in [0.15, 0.2) is 0 Å². The molecule has 0 aromatic carbocycles. The number of thiocarbonyl (C=S) groups is 2. The number of nitrogens with two attached hydrogens (primary N) is 2. The van der Waals surface area contributed by atoms with E-state index in [1.165, 1.54) is 0 Å². The van der Waals surface area contributed by atoms with Gasteiger partial charge in [0.1, 0.15) is 0 Å². The lowest BCUT2D eigenvalue weighted by molar-refractivity contribution is 0.458. The second-order valence-electron chi connectivity index (χ2n) is 1.01. The van der Waals surface area contributed by atoms with Crippen LogP contribution in [0.4, 0.5) is 0 Å². The van der Waals surface area contributed by atoms with Crippen LogP contribution in [0.3, 0.4) is 0 Å². The summed E-state index contributed by atoms with van der Waals surface area (Å²) in [6, 6.07) is 0. The second-order valence-corrected chi connectivity index (χ2v) is 2.56. The van der Waals surface area contributed by atoms with Crippen LogP contribution in [0, 0.1) is 0 Å². The zero-order valence-corrected chi connectivity index (χ0v) is 7.05. The van der Waals surface area contributed by atoms with E-state index in [0.29, 0.717) is 0 Å². The van der Waals surface area contributed by atoms with Gasteiger partial charge in [-0.3, -0.25) is 0 Å². The lowest BCUT2D eigenvalue weighted by atomic mass is 11.4. The van der Waals surface area contributed by atoms with E-state index in [2.05, 4.69) is 32.8 Å². The topological polar surface area (TPSA) is 87.6 Å². The van der Waals surface area contributed by atoms with E-state index in [-0.39, 0.29) is 0 Å². The Labute approximate surface area is 70.5 Å². The summed E-state index contributed by atoms with van der Waals surface area (Å²) in [6.07, 6.45) is 0. The first kappa shape index (κ1) is 9.53. The summed E-state index contributed by atoms with van der Waals surface area (Å²) in [4.78, 5) is 0. The molecule has 0 aliphatic carbocycles. The summed E-state index contributed by atoms with van der Waals surface area (Å²) in [5.41, 5.74) is 9.64. The van der Waals surface area contributed by atoms with Crippen LogP contribution >= 0.6 is 24.4 Å². The van der Waals surface area contributed by atoms with Gasteiger partial charge in [-0.1, -0.05) is 0 Å². The lowest BCUT2D eigenvalue weighted by Gasteiger charge is -1.99. The summed E-state index contributed by atoms with van der Waals surface area (Å²) in [7, 11) is 0. The average Bonchev–Trinajstić information content (AvgIpc) is 1.58. The molecule has 0 saturated heterocycles. The van der Waals surface area contributed by atoms with Gasteiger partial charge >= 0.3 is 11.4 Å². The van der Waals surface area contributed by atoms with Gasteiger partial charge in [0.15, 0.2) is 0 Å². The Morgan fingerprint density at radius 1 is 1.20 bits per heavy atom. The molecule has 58 valence electrons. The molecule has 0 aromatic rings. The molecule has 0 rings (SSSR count). The van der Waals surface area contributed by atoms with Crippen molar-refractivity contribution in [2.24, 2.45) is 11.5 Å². The van der Waals surface area contributed by atoms with Crippen molar-refractivity contribution in [2.45, 2.75) is 0 Å². The molecule has 0 heterocycles. The van der Waals surface area contributed by atoms with Crippen molar-refractivity contribution in [3.8, 4) is 0 Å². The van der Waals surface area contributed by atoms with Crippen LogP contribution in [-0.4, -0.2) is 14.6 Å². The molecule has 0 fully saturated rings. The van der Waals surface area contributed by atoms with Gasteiger partial charge in [-0.15, -0.1) is 0 Å². The van der Waals surface area contributed by atoms with Gasteiger partial charge in [0.05, 0.1) is 0 Å². The molecule has 0 spiro atoms. The average molecular weight is 200 g/mol. The zero-order valence-electron chi connectivity index (χ0n) is 4.60. The third-order valence-corrected chi connectivity index (χ3v) is 1.31. The summed E-state index contributed by atoms with van der Waals surface area (Å²) < 4.78 is 18.7. The van der Waals surface area contributed by atoms with Gasteiger partial charge < -0.3 is 19.8 Å². The second kappa shape index (κ2) is 4.36. The Balaban J connectivity index is 3.65. The van der Waals surface area contributed by atoms with Crippen LogP contribution in [0.1, 0.15) is 0 Å². The largest absolute Gasteiger partial charge is 0.422 e. The molecule has 5 nitrogen and oxygen atoms in total. The van der Waals surface area contributed by atoms with Gasteiger partial charge in [0, 0.05) is 0 Å². The maximum atomic E-state index is 10.4. The molecule has 0 aromatic heterocycles. The van der Waals surface area contributed by atoms with E-state index < -0.39 is 21.7 Å². The zero-order chi connectivity index (χ0) is 8.15. The van der Waals surface area contributed by atoms with Gasteiger partial charge in [0.2, 0.25) is 0 Å². The quantitative estimate of drug-likeness (QED) is 0.558. The Bertz CT molecular complexity index is 163. The highest BCUT2D eigenvalue weighted by Crippen LogP contribution is 1.87. The van der Waals surface area contributed by atoms with Crippen molar-refractivity contribution < 1.29 is 12.6 Å². The molecule has 0 radical (unpaired) electrons. The number of rotatable bonds is 2. The van der Waals surface area contributed by atoms with Crippen LogP contribution < -0.4 is 11.5 Å². The van der Waals surface area contributed by atoms with Crippen molar-refractivity contribution in [1.29, 1.82) is 0 Å². The van der Waals surface area contributed by atoms with E-state index in [4.69, 9.17) is 11.5 Å². The minimum Gasteiger partial charge on any atom is -0.359 e. The van der Waals surface area contributed by atoms with E-state index in [0.717, 1.165) is 0 Å². The maximum Gasteiger partial charge on any atom is 0.422 e. The standard InChI is InChI=1S/C2H4N2O3S3/c3-1(8)6-10(5)7-2(4)9/h(H2,3,8)(H2,4,9). The van der Waals surface area contributed by atoms with Crippen LogP contribution in [0.5, 0.6) is 0 Å². The fourth-order valence-electron chi connectivity index (χ4n) is 0.151. The van der Waals surface area contributed by atoms with Crippen molar-refractivity contribution >= 4 is 46.1 Å². The molecule has 8 heteroatoms. The molecular formula is C2H4N2O3S3. The molecule has 0 saturated carbocycles. The lowest BCUT2D eigenvalue weighted by Crippen LogP contribution is -2.20. The first-order chi connectivity index (χ1) is 4.52. The number of hydrogen-bond donors (Lipinski definition) is 2. The molecule has 0 aliphatic rings. The Kier molecular flexibility index (Phi) is 4.16. The molecule has 0 atom stereocenters. The predicted octanol–water partition coefficient (Wildman–Crippen LogP) is -0.914. The first-order valence-corrected chi connectivity index (χ1v) is 3.71. The highest BCUT2D eigenvalue weighted by molar-refractivity contribution is 7.84. The van der Waals surface area contributed by atoms with Gasteiger partial charge in [-0.05, 0) is 24.4 Å². The SMILES string of the molecule is NC(=S)OS(=O)OC(N)=S. The summed E-state index contributed by atoms with van der Waals surface area (Å²) in [5.74, 6) is 0. The van der Waals surface area contributed by atoms with Gasteiger partial charge in [0.25, 0.3) is 10.3 Å². The summed E-state index contributed by atoms with van der Waals surface area (Å²) in [6.45, 7) is 0. The minimum absolute atomic E-state index is 0.394. The fraction of sp³-hybridized carbons (Fsp3) is 0. The van der Waals surface area contributed by atoms with Crippen molar-refractivity contribution in [1.82, 2.24) is 0 Å². The van der Waals surface area contributed by atoms with E-state index in [1.54, 1.807) is 0 Å². The Hall–Kier alpha value is -0.470. The highest BCUT2D eigenvalue weighted by Gasteiger charge is 2.03. The molecule has 10 heavy (non-hydrogen) atoms. The van der Waals surface area contributed by atoms with Crippen molar-refractivity contribution in [3.63, 3.8) is 0 Å². The highest BCUT2D eigenvalue weighted by atomic mass is 32.2. The molecule has 4 N–H and O–H groups in total. The van der Waals surface area contributed by atoms with Gasteiger partial charge in [-0.25, -0.2) is 0 Å². The normalized spacial score (nSPS) is 8.90. The Morgan fingerprint density at radius 3 is 1.70 bits per heavy atom. The maximum absolute atomic E-state index is 10.4. The monoisotopic (exact) mass is 200 g/mol. The summed E-state index contributed by atoms with van der Waals surface area (Å²) in [5, 5.41) is -0.788. The third kappa shape index (κ3) is 5.66. The Morgan fingerprint density at radius 2 is 1.50 bits per heavy atom. The first-order valence-electron chi connectivity index (χ1n) is 1.89. The van der Waals surface area contributed by atoms with E-state index in [1.807, 2.05) is 0 Å². The molecule has 0 aliphatic heterocycles. The smallest absolute Gasteiger partial charge is 0.359 e. The summed E-state index contributed by atoms with van der Waals surface area (Å²) >= 11 is 6.33. The van der Waals surface area contributed by atoms with E-state index in [9.17, 15) is 4.21 Å². The minimum atomic E-state index is -2.11. The predicted molar refractivity (Wildman–Crippen MR) is 43.9 cm³/mol. The molecule has 0 amide bonds. The van der Waals surface area contributed by atoms with Crippen molar-refractivity contribution in [3.05, 3.63) is 0 Å². The molecule has 0 unspecified atom stereocenters. The van der Waals surface area contributed by atoms with Crippen molar-refractivity contribution in [2.75, 3.05) is 0 Å². The molecule has 0 bridgehead atoms. The van der Waals surface area contributed by atoms with Crippen LogP contribution in [0.25, 0.3) is 0 Å².